The van der Waals surface area contributed by atoms with E-state index in [2.05, 4.69) is 69.3 Å². The van der Waals surface area contributed by atoms with Crippen molar-refractivity contribution in [1.82, 2.24) is 14.8 Å². The number of rotatable bonds is 8. The van der Waals surface area contributed by atoms with Crippen molar-refractivity contribution in [2.75, 3.05) is 11.1 Å². The van der Waals surface area contributed by atoms with Gasteiger partial charge >= 0.3 is 0 Å². The highest BCUT2D eigenvalue weighted by molar-refractivity contribution is 14.1. The number of thioether (sulfide) groups is 2. The summed E-state index contributed by atoms with van der Waals surface area (Å²) in [4.78, 5) is 12.1. The number of amides is 1. The van der Waals surface area contributed by atoms with Gasteiger partial charge in [0.1, 0.15) is 5.82 Å². The first-order valence-corrected chi connectivity index (χ1v) is 11.9. The molecule has 1 N–H and O–H groups in total. The molecule has 1 amide bonds. The third-order valence-corrected chi connectivity index (χ3v) is 6.75. The van der Waals surface area contributed by atoms with Crippen molar-refractivity contribution in [3.8, 4) is 0 Å². The number of aryl methyl sites for hydroxylation is 1. The highest BCUT2D eigenvalue weighted by atomic mass is 127. The van der Waals surface area contributed by atoms with Crippen molar-refractivity contribution >= 4 is 57.7 Å². The molecule has 0 aliphatic heterocycles. The Hall–Kier alpha value is -1.52. The lowest BCUT2D eigenvalue weighted by molar-refractivity contribution is -0.113. The van der Waals surface area contributed by atoms with E-state index in [-0.39, 0.29) is 5.91 Å². The molecule has 8 heteroatoms. The van der Waals surface area contributed by atoms with Gasteiger partial charge in [-0.2, -0.15) is 0 Å². The summed E-state index contributed by atoms with van der Waals surface area (Å²) in [6, 6.07) is 16.3. The zero-order chi connectivity index (χ0) is 19.9. The van der Waals surface area contributed by atoms with Gasteiger partial charge in [-0.3, -0.25) is 4.79 Å². The molecule has 0 spiro atoms. The molecule has 146 valence electrons. The predicted molar refractivity (Wildman–Crippen MR) is 126 cm³/mol. The minimum absolute atomic E-state index is 0.0514. The Kier molecular flexibility index (Phi) is 7.81. The largest absolute Gasteiger partial charge is 0.325 e. The number of nitrogens with zero attached hydrogens (tertiary/aromatic N) is 3. The van der Waals surface area contributed by atoms with E-state index >= 15 is 0 Å². The van der Waals surface area contributed by atoms with Crippen LogP contribution < -0.4 is 5.32 Å². The molecular weight excluding hydrogens is 503 g/mol. The summed E-state index contributed by atoms with van der Waals surface area (Å²) in [7, 11) is 1.95. The van der Waals surface area contributed by atoms with Crippen LogP contribution in [0, 0.1) is 10.5 Å². The lowest BCUT2D eigenvalue weighted by Gasteiger charge is -2.06. The number of hydrogen-bond donors (Lipinski definition) is 1. The number of nitrogens with one attached hydrogen (secondary N) is 1. The van der Waals surface area contributed by atoms with Crippen LogP contribution in [0.2, 0.25) is 0 Å². The monoisotopic (exact) mass is 524 g/mol. The van der Waals surface area contributed by atoms with Gasteiger partial charge in [0.15, 0.2) is 5.16 Å². The number of halogens is 1. The Labute approximate surface area is 187 Å². The van der Waals surface area contributed by atoms with Gasteiger partial charge in [0.2, 0.25) is 5.91 Å². The maximum Gasteiger partial charge on any atom is 0.234 e. The molecule has 0 atom stereocenters. The van der Waals surface area contributed by atoms with E-state index in [1.165, 1.54) is 22.9 Å². The van der Waals surface area contributed by atoms with Gasteiger partial charge in [-0.1, -0.05) is 41.6 Å². The number of carbonyl (C=O) groups excluding carboxylic acids is 1. The van der Waals surface area contributed by atoms with Crippen LogP contribution in [-0.4, -0.2) is 26.4 Å². The second kappa shape index (κ2) is 10.3. The van der Waals surface area contributed by atoms with E-state index in [0.717, 1.165) is 31.7 Å². The van der Waals surface area contributed by atoms with Crippen LogP contribution in [0.15, 0.2) is 53.7 Å². The molecule has 0 bridgehead atoms. The molecule has 3 aromatic rings. The fourth-order valence-corrected chi connectivity index (χ4v) is 4.46. The fraction of sp³-hybridized carbons (Fsp3) is 0.250. The highest BCUT2D eigenvalue weighted by Gasteiger charge is 2.12. The van der Waals surface area contributed by atoms with Gasteiger partial charge in [0.05, 0.1) is 11.5 Å². The van der Waals surface area contributed by atoms with Gasteiger partial charge in [0.25, 0.3) is 0 Å². The van der Waals surface area contributed by atoms with Crippen molar-refractivity contribution in [3.63, 3.8) is 0 Å². The maximum absolute atomic E-state index is 12.1. The van der Waals surface area contributed by atoms with E-state index < -0.39 is 0 Å². The Morgan fingerprint density at radius 3 is 2.50 bits per heavy atom. The second-order valence-corrected chi connectivity index (χ2v) is 9.45. The van der Waals surface area contributed by atoms with Crippen LogP contribution >= 0.6 is 46.1 Å². The normalized spacial score (nSPS) is 10.8. The third-order valence-electron chi connectivity index (χ3n) is 4.01. The molecule has 0 saturated heterocycles. The molecule has 0 radical (unpaired) electrons. The summed E-state index contributed by atoms with van der Waals surface area (Å²) in [5.41, 5.74) is 3.38. The van der Waals surface area contributed by atoms with Crippen molar-refractivity contribution < 1.29 is 4.79 Å². The molecule has 0 unspecified atom stereocenters. The molecular formula is C20H21IN4OS2. The molecule has 0 aliphatic carbocycles. The maximum atomic E-state index is 12.1. The van der Waals surface area contributed by atoms with E-state index in [1.807, 2.05) is 47.6 Å². The second-order valence-electron chi connectivity index (χ2n) is 6.28. The molecule has 0 saturated carbocycles. The molecule has 1 heterocycles. The summed E-state index contributed by atoms with van der Waals surface area (Å²) < 4.78 is 3.10. The first kappa shape index (κ1) is 21.2. The molecule has 1 aromatic heterocycles. The number of benzene rings is 2. The van der Waals surface area contributed by atoms with E-state index in [1.54, 1.807) is 0 Å². The van der Waals surface area contributed by atoms with Gasteiger partial charge < -0.3 is 9.88 Å². The lowest BCUT2D eigenvalue weighted by Crippen LogP contribution is -2.14. The summed E-state index contributed by atoms with van der Waals surface area (Å²) in [6.45, 7) is 2.09. The average Bonchev–Trinajstić information content (AvgIpc) is 3.03. The SMILES string of the molecule is Cc1ccc(CSCc2nnc(SCC(=O)Nc3ccc(I)cc3)n2C)cc1. The zero-order valence-corrected chi connectivity index (χ0v) is 19.5. The van der Waals surface area contributed by atoms with Gasteiger partial charge in [-0.05, 0) is 59.3 Å². The smallest absolute Gasteiger partial charge is 0.234 e. The van der Waals surface area contributed by atoms with Gasteiger partial charge in [-0.15, -0.1) is 22.0 Å². The molecule has 0 aliphatic rings. The van der Waals surface area contributed by atoms with Crippen LogP contribution in [-0.2, 0) is 23.3 Å². The minimum atomic E-state index is -0.0514. The summed E-state index contributed by atoms with van der Waals surface area (Å²) >= 11 is 5.44. The van der Waals surface area contributed by atoms with Crippen LogP contribution in [0.25, 0.3) is 0 Å². The van der Waals surface area contributed by atoms with Crippen LogP contribution in [0.4, 0.5) is 5.69 Å². The lowest BCUT2D eigenvalue weighted by atomic mass is 10.2. The highest BCUT2D eigenvalue weighted by Crippen LogP contribution is 2.21. The fourth-order valence-electron chi connectivity index (χ4n) is 2.40. The van der Waals surface area contributed by atoms with E-state index in [4.69, 9.17) is 0 Å². The number of aromatic nitrogens is 3. The predicted octanol–water partition coefficient (Wildman–Crippen LogP) is 4.89. The first-order chi connectivity index (χ1) is 13.5. The summed E-state index contributed by atoms with van der Waals surface area (Å²) in [5.74, 6) is 2.89. The molecule has 28 heavy (non-hydrogen) atoms. The summed E-state index contributed by atoms with van der Waals surface area (Å²) in [5, 5.41) is 12.1. The Balaban J connectivity index is 1.46. The van der Waals surface area contributed by atoms with Crippen LogP contribution in [0.3, 0.4) is 0 Å². The average molecular weight is 524 g/mol. The van der Waals surface area contributed by atoms with Crippen molar-refractivity contribution in [1.29, 1.82) is 0 Å². The third kappa shape index (κ3) is 6.25. The van der Waals surface area contributed by atoms with Crippen LogP contribution in [0.5, 0.6) is 0 Å². The van der Waals surface area contributed by atoms with E-state index in [9.17, 15) is 4.79 Å². The molecule has 2 aromatic carbocycles. The molecule has 3 rings (SSSR count). The zero-order valence-electron chi connectivity index (χ0n) is 15.7. The Morgan fingerprint density at radius 2 is 1.79 bits per heavy atom. The van der Waals surface area contributed by atoms with Gasteiger partial charge in [-0.25, -0.2) is 0 Å². The number of anilines is 1. The minimum Gasteiger partial charge on any atom is -0.325 e. The quantitative estimate of drug-likeness (QED) is 0.336. The standard InChI is InChI=1S/C20H21IN4OS2/c1-14-3-5-15(6-4-14)11-27-12-18-23-24-20(25(18)2)28-13-19(26)22-17-9-7-16(21)8-10-17/h3-10H,11-13H2,1-2H3,(H,22,26). The van der Waals surface area contributed by atoms with E-state index in [0.29, 0.717) is 5.75 Å². The molecule has 5 nitrogen and oxygen atoms in total. The Bertz CT molecular complexity index is 926. The van der Waals surface area contributed by atoms with Crippen molar-refractivity contribution in [2.24, 2.45) is 7.05 Å². The van der Waals surface area contributed by atoms with Crippen LogP contribution in [0.1, 0.15) is 17.0 Å². The number of hydrogen-bond acceptors (Lipinski definition) is 5. The Morgan fingerprint density at radius 1 is 1.07 bits per heavy atom. The van der Waals surface area contributed by atoms with Crippen molar-refractivity contribution in [3.05, 3.63) is 69.1 Å². The first-order valence-electron chi connectivity index (χ1n) is 8.71. The van der Waals surface area contributed by atoms with Gasteiger partial charge in [0, 0.05) is 22.1 Å². The topological polar surface area (TPSA) is 59.8 Å². The van der Waals surface area contributed by atoms with Crippen molar-refractivity contribution in [2.45, 2.75) is 23.6 Å². The number of carbonyl (C=O) groups is 1. The summed E-state index contributed by atoms with van der Waals surface area (Å²) in [6.07, 6.45) is 0. The molecule has 0 fully saturated rings.